The number of fused-ring (bicyclic) bond motifs is 1. The lowest BCUT2D eigenvalue weighted by Gasteiger charge is -2.28. The van der Waals surface area contributed by atoms with Crippen molar-refractivity contribution in [3.05, 3.63) is 75.8 Å². The lowest BCUT2D eigenvalue weighted by atomic mass is 10.00. The monoisotopic (exact) mass is 343 g/mol. The van der Waals surface area contributed by atoms with E-state index in [-0.39, 0.29) is 11.6 Å². The highest BCUT2D eigenvalue weighted by Crippen LogP contribution is 2.29. The lowest BCUT2D eigenvalue weighted by molar-refractivity contribution is 0.587. The summed E-state index contributed by atoms with van der Waals surface area (Å²) in [5, 5.41) is 9.91. The fraction of sp³-hybridized carbons (Fsp3) is 0.222. The average Bonchev–Trinajstić information content (AvgIpc) is 3.06. The number of aromatic nitrogens is 2. The number of anilines is 1. The van der Waals surface area contributed by atoms with Crippen LogP contribution >= 0.6 is 11.3 Å². The SMILES string of the molecule is Fc1ccccc1Cc1nnc(N2CCc3cccc(F)c3C2)s1. The molecule has 0 amide bonds. The van der Waals surface area contributed by atoms with E-state index in [0.29, 0.717) is 18.5 Å². The van der Waals surface area contributed by atoms with Gasteiger partial charge in [-0.05, 0) is 29.7 Å². The molecule has 0 aliphatic carbocycles. The van der Waals surface area contributed by atoms with Gasteiger partial charge in [-0.25, -0.2) is 8.78 Å². The van der Waals surface area contributed by atoms with E-state index >= 15 is 0 Å². The molecule has 0 saturated heterocycles. The van der Waals surface area contributed by atoms with Crippen molar-refractivity contribution in [1.82, 2.24) is 10.2 Å². The normalized spacial score (nSPS) is 13.8. The Kier molecular flexibility index (Phi) is 3.98. The summed E-state index contributed by atoms with van der Waals surface area (Å²) in [5.74, 6) is -0.406. The Morgan fingerprint density at radius 3 is 2.71 bits per heavy atom. The number of benzene rings is 2. The molecule has 2 heterocycles. The van der Waals surface area contributed by atoms with Gasteiger partial charge < -0.3 is 4.90 Å². The zero-order valence-electron chi connectivity index (χ0n) is 12.9. The van der Waals surface area contributed by atoms with Crippen LogP contribution in [0.5, 0.6) is 0 Å². The maximum absolute atomic E-state index is 14.0. The van der Waals surface area contributed by atoms with Crippen molar-refractivity contribution >= 4 is 16.5 Å². The molecule has 0 spiro atoms. The standard InChI is InChI=1S/C18H15F2N3S/c19-15-6-2-1-4-13(15)10-17-21-22-18(24-17)23-9-8-12-5-3-7-16(20)14(12)11-23/h1-7H,8-11H2. The Hall–Kier alpha value is -2.34. The molecule has 0 saturated carbocycles. The average molecular weight is 343 g/mol. The van der Waals surface area contributed by atoms with Crippen molar-refractivity contribution in [3.63, 3.8) is 0 Å². The third-order valence-electron chi connectivity index (χ3n) is 4.24. The topological polar surface area (TPSA) is 29.0 Å². The maximum Gasteiger partial charge on any atom is 0.208 e. The Morgan fingerprint density at radius 2 is 1.83 bits per heavy atom. The van der Waals surface area contributed by atoms with Gasteiger partial charge in [0.1, 0.15) is 16.6 Å². The molecule has 1 aliphatic heterocycles. The second-order valence-corrected chi connectivity index (χ2v) is 6.84. The Labute approximate surface area is 142 Å². The molecule has 0 N–H and O–H groups in total. The van der Waals surface area contributed by atoms with Crippen LogP contribution in [0.4, 0.5) is 13.9 Å². The first-order valence-corrected chi connectivity index (χ1v) is 8.59. The maximum atomic E-state index is 14.0. The first kappa shape index (κ1) is 15.2. The van der Waals surface area contributed by atoms with E-state index in [0.717, 1.165) is 34.2 Å². The second-order valence-electron chi connectivity index (χ2n) is 5.80. The second kappa shape index (κ2) is 6.28. The first-order valence-electron chi connectivity index (χ1n) is 7.78. The largest absolute Gasteiger partial charge is 0.342 e. The number of hydrogen-bond donors (Lipinski definition) is 0. The van der Waals surface area contributed by atoms with Gasteiger partial charge in [0, 0.05) is 25.1 Å². The number of hydrogen-bond acceptors (Lipinski definition) is 4. The van der Waals surface area contributed by atoms with E-state index in [1.165, 1.54) is 23.5 Å². The highest BCUT2D eigenvalue weighted by Gasteiger charge is 2.22. The number of rotatable bonds is 3. The summed E-state index contributed by atoms with van der Waals surface area (Å²) in [7, 11) is 0. The predicted octanol–water partition coefficient (Wildman–Crippen LogP) is 3.97. The third kappa shape index (κ3) is 2.89. The molecule has 6 heteroatoms. The molecular weight excluding hydrogens is 328 g/mol. The molecule has 1 aliphatic rings. The van der Waals surface area contributed by atoms with Gasteiger partial charge in [0.2, 0.25) is 5.13 Å². The molecule has 2 aromatic carbocycles. The third-order valence-corrected chi connectivity index (χ3v) is 5.23. The van der Waals surface area contributed by atoms with E-state index in [1.54, 1.807) is 18.2 Å². The van der Waals surface area contributed by atoms with Crippen molar-refractivity contribution < 1.29 is 8.78 Å². The van der Waals surface area contributed by atoms with Crippen molar-refractivity contribution in [2.24, 2.45) is 0 Å². The summed E-state index contributed by atoms with van der Waals surface area (Å²) in [6, 6.07) is 11.9. The fourth-order valence-electron chi connectivity index (χ4n) is 2.95. The van der Waals surface area contributed by atoms with Crippen LogP contribution in [0.3, 0.4) is 0 Å². The predicted molar refractivity (Wildman–Crippen MR) is 90.3 cm³/mol. The van der Waals surface area contributed by atoms with Crippen molar-refractivity contribution in [2.75, 3.05) is 11.4 Å². The van der Waals surface area contributed by atoms with Gasteiger partial charge in [-0.3, -0.25) is 0 Å². The fourth-order valence-corrected chi connectivity index (χ4v) is 3.84. The zero-order chi connectivity index (χ0) is 16.5. The molecule has 4 rings (SSSR count). The van der Waals surface area contributed by atoms with Crippen LogP contribution in [-0.2, 0) is 19.4 Å². The van der Waals surface area contributed by atoms with E-state index in [4.69, 9.17) is 0 Å². The minimum atomic E-state index is -0.233. The quantitative estimate of drug-likeness (QED) is 0.720. The van der Waals surface area contributed by atoms with Gasteiger partial charge >= 0.3 is 0 Å². The molecular formula is C18H15F2N3S. The van der Waals surface area contributed by atoms with E-state index in [1.807, 2.05) is 17.0 Å². The number of nitrogens with zero attached hydrogens (tertiary/aromatic N) is 3. The summed E-state index contributed by atoms with van der Waals surface area (Å²) >= 11 is 1.44. The summed E-state index contributed by atoms with van der Waals surface area (Å²) in [6.45, 7) is 1.28. The van der Waals surface area contributed by atoms with Gasteiger partial charge in [-0.2, -0.15) is 0 Å². The number of halogens is 2. The van der Waals surface area contributed by atoms with Gasteiger partial charge in [-0.15, -0.1) is 10.2 Å². The summed E-state index contributed by atoms with van der Waals surface area (Å²) in [5.41, 5.74) is 2.40. The van der Waals surface area contributed by atoms with Crippen molar-refractivity contribution in [3.8, 4) is 0 Å². The van der Waals surface area contributed by atoms with Crippen molar-refractivity contribution in [2.45, 2.75) is 19.4 Å². The highest BCUT2D eigenvalue weighted by molar-refractivity contribution is 7.15. The first-order chi connectivity index (χ1) is 11.7. The van der Waals surface area contributed by atoms with Gasteiger partial charge in [0.15, 0.2) is 0 Å². The lowest BCUT2D eigenvalue weighted by Crippen LogP contribution is -2.30. The van der Waals surface area contributed by atoms with Crippen LogP contribution in [0.1, 0.15) is 21.7 Å². The molecule has 0 unspecified atom stereocenters. The molecule has 122 valence electrons. The van der Waals surface area contributed by atoms with Crippen LogP contribution in [0, 0.1) is 11.6 Å². The van der Waals surface area contributed by atoms with Crippen LogP contribution < -0.4 is 4.90 Å². The molecule has 0 bridgehead atoms. The molecule has 3 nitrogen and oxygen atoms in total. The summed E-state index contributed by atoms with van der Waals surface area (Å²) in [6.07, 6.45) is 1.21. The summed E-state index contributed by atoms with van der Waals surface area (Å²) < 4.78 is 27.7. The van der Waals surface area contributed by atoms with Gasteiger partial charge in [0.25, 0.3) is 0 Å². The molecule has 0 radical (unpaired) electrons. The Balaban J connectivity index is 1.54. The smallest absolute Gasteiger partial charge is 0.208 e. The van der Waals surface area contributed by atoms with Gasteiger partial charge in [0.05, 0.1) is 0 Å². The minimum absolute atomic E-state index is 0.173. The molecule has 3 aromatic rings. The van der Waals surface area contributed by atoms with E-state index in [2.05, 4.69) is 10.2 Å². The Morgan fingerprint density at radius 1 is 1.00 bits per heavy atom. The van der Waals surface area contributed by atoms with E-state index in [9.17, 15) is 8.78 Å². The van der Waals surface area contributed by atoms with Crippen molar-refractivity contribution in [1.29, 1.82) is 0 Å². The molecule has 24 heavy (non-hydrogen) atoms. The molecule has 0 atom stereocenters. The zero-order valence-corrected chi connectivity index (χ0v) is 13.7. The highest BCUT2D eigenvalue weighted by atomic mass is 32.1. The van der Waals surface area contributed by atoms with Crippen LogP contribution in [-0.4, -0.2) is 16.7 Å². The Bertz CT molecular complexity index is 878. The minimum Gasteiger partial charge on any atom is -0.342 e. The van der Waals surface area contributed by atoms with E-state index < -0.39 is 0 Å². The van der Waals surface area contributed by atoms with Crippen LogP contribution in [0.25, 0.3) is 0 Å². The van der Waals surface area contributed by atoms with Crippen LogP contribution in [0.15, 0.2) is 42.5 Å². The molecule has 0 fully saturated rings. The van der Waals surface area contributed by atoms with Crippen LogP contribution in [0.2, 0.25) is 0 Å². The molecule has 1 aromatic heterocycles. The summed E-state index contributed by atoms with van der Waals surface area (Å²) in [4.78, 5) is 2.04. The van der Waals surface area contributed by atoms with Gasteiger partial charge in [-0.1, -0.05) is 41.7 Å².